The van der Waals surface area contributed by atoms with E-state index in [9.17, 15) is 24.3 Å². The van der Waals surface area contributed by atoms with Crippen LogP contribution in [0.15, 0.2) is 23.2 Å². The molecule has 0 aliphatic carbocycles. The standard InChI is InChI=1S/C22H30N6O7S2/c1-5-22(18(31)32)10-28-16(30)14(17(28)37-11-22)26-15(29)13(12-9-36-19(23)25-12)27-34-8-6-7-24-20(33)35-21(2,3)4/h5,9,14,17H,1,6-8,10-11H2,2-4H3,(H2,23,25)(H,24,33)(H,26,29)(H,31,32)/t14?,17-,22?/m1/s1. The average molecular weight is 555 g/mol. The number of alkyl carbamates (subject to hydrolysis) is 1. The van der Waals surface area contributed by atoms with Crippen LogP contribution in [0.25, 0.3) is 0 Å². The van der Waals surface area contributed by atoms with Gasteiger partial charge in [0.2, 0.25) is 5.91 Å². The zero-order chi connectivity index (χ0) is 27.4. The zero-order valence-corrected chi connectivity index (χ0v) is 22.3. The summed E-state index contributed by atoms with van der Waals surface area (Å²) in [6.07, 6.45) is 1.18. The number of aromatic nitrogens is 1. The van der Waals surface area contributed by atoms with E-state index in [0.29, 0.717) is 6.42 Å². The fraction of sp³-hybridized carbons (Fsp3) is 0.545. The maximum atomic E-state index is 13.0. The second-order valence-electron chi connectivity index (χ2n) is 9.41. The van der Waals surface area contributed by atoms with E-state index >= 15 is 0 Å². The Morgan fingerprint density at radius 2 is 2.16 bits per heavy atom. The number of carbonyl (C=O) groups excluding carboxylic acids is 3. The Bertz CT molecular complexity index is 1100. The quantitative estimate of drug-likeness (QED) is 0.107. The van der Waals surface area contributed by atoms with Gasteiger partial charge >= 0.3 is 12.1 Å². The van der Waals surface area contributed by atoms with Crippen molar-refractivity contribution >= 4 is 57.8 Å². The second kappa shape index (κ2) is 11.4. The fourth-order valence-electron chi connectivity index (χ4n) is 3.50. The molecule has 2 aliphatic rings. The van der Waals surface area contributed by atoms with E-state index in [-0.39, 0.29) is 42.0 Å². The van der Waals surface area contributed by atoms with E-state index in [1.807, 2.05) is 0 Å². The van der Waals surface area contributed by atoms with E-state index < -0.39 is 46.3 Å². The van der Waals surface area contributed by atoms with Crippen LogP contribution in [0.1, 0.15) is 32.9 Å². The van der Waals surface area contributed by atoms with Crippen molar-refractivity contribution < 1.29 is 33.9 Å². The van der Waals surface area contributed by atoms with Crippen molar-refractivity contribution in [3.05, 3.63) is 23.7 Å². The predicted octanol–water partition coefficient (Wildman–Crippen LogP) is 1.02. The molecule has 5 N–H and O–H groups in total. The Labute approximate surface area is 221 Å². The predicted molar refractivity (Wildman–Crippen MR) is 138 cm³/mol. The molecule has 3 amide bonds. The summed E-state index contributed by atoms with van der Waals surface area (Å²) in [5.41, 5.74) is 3.88. The third kappa shape index (κ3) is 6.71. The molecule has 15 heteroatoms. The number of aliphatic carboxylic acids is 1. The van der Waals surface area contributed by atoms with Crippen LogP contribution < -0.4 is 16.4 Å². The lowest BCUT2D eigenvalue weighted by Crippen LogP contribution is -2.73. The Balaban J connectivity index is 1.58. The minimum Gasteiger partial charge on any atom is -0.481 e. The van der Waals surface area contributed by atoms with Gasteiger partial charge in [-0.15, -0.1) is 29.7 Å². The van der Waals surface area contributed by atoms with Crippen LogP contribution in [0.4, 0.5) is 9.93 Å². The molecule has 0 bridgehead atoms. The number of oxime groups is 1. The van der Waals surface area contributed by atoms with E-state index in [4.69, 9.17) is 15.3 Å². The number of nitrogens with one attached hydrogen (secondary N) is 2. The first-order valence-corrected chi connectivity index (χ1v) is 13.3. The highest BCUT2D eigenvalue weighted by Gasteiger charge is 2.56. The molecule has 2 unspecified atom stereocenters. The van der Waals surface area contributed by atoms with Crippen LogP contribution in [0.3, 0.4) is 0 Å². The molecule has 13 nitrogen and oxygen atoms in total. The molecular weight excluding hydrogens is 524 g/mol. The highest BCUT2D eigenvalue weighted by Crippen LogP contribution is 2.42. The minimum atomic E-state index is -1.23. The number of nitrogens with two attached hydrogens (primary N) is 1. The molecule has 1 aromatic heterocycles. The summed E-state index contributed by atoms with van der Waals surface area (Å²) in [5.74, 6) is -1.92. The molecule has 3 rings (SSSR count). The smallest absolute Gasteiger partial charge is 0.407 e. The van der Waals surface area contributed by atoms with Crippen molar-refractivity contribution in [2.24, 2.45) is 10.6 Å². The fourth-order valence-corrected chi connectivity index (χ4v) is 5.58. The lowest BCUT2D eigenvalue weighted by atomic mass is 9.87. The van der Waals surface area contributed by atoms with E-state index in [2.05, 4.69) is 27.4 Å². The number of thiazole rings is 1. The summed E-state index contributed by atoms with van der Waals surface area (Å²) in [7, 11) is 0. The molecule has 0 radical (unpaired) electrons. The molecule has 3 atom stereocenters. The molecular formula is C22H30N6O7S2. The van der Waals surface area contributed by atoms with Gasteiger partial charge in [0.15, 0.2) is 10.8 Å². The molecule has 2 fully saturated rings. The van der Waals surface area contributed by atoms with Crippen molar-refractivity contribution in [3.8, 4) is 0 Å². The lowest BCUT2D eigenvalue weighted by Gasteiger charge is -2.53. The maximum Gasteiger partial charge on any atom is 0.407 e. The number of carboxylic acids is 1. The first-order chi connectivity index (χ1) is 17.4. The van der Waals surface area contributed by atoms with Gasteiger partial charge in [-0.2, -0.15) is 0 Å². The number of hydrogen-bond donors (Lipinski definition) is 4. The normalized spacial score (nSPS) is 23.4. The highest BCUT2D eigenvalue weighted by atomic mass is 32.2. The van der Waals surface area contributed by atoms with Crippen LogP contribution in [0, 0.1) is 5.41 Å². The van der Waals surface area contributed by atoms with Crippen LogP contribution >= 0.6 is 23.1 Å². The number of anilines is 1. The first-order valence-electron chi connectivity index (χ1n) is 11.3. The Kier molecular flexibility index (Phi) is 8.68. The first kappa shape index (κ1) is 28.2. The highest BCUT2D eigenvalue weighted by molar-refractivity contribution is 8.00. The largest absolute Gasteiger partial charge is 0.481 e. The van der Waals surface area contributed by atoms with Gasteiger partial charge in [-0.25, -0.2) is 9.78 Å². The second-order valence-corrected chi connectivity index (χ2v) is 11.4. The number of rotatable bonds is 10. The third-order valence-electron chi connectivity index (χ3n) is 5.42. The van der Waals surface area contributed by atoms with Crippen molar-refractivity contribution in [1.82, 2.24) is 20.5 Å². The van der Waals surface area contributed by atoms with Crippen molar-refractivity contribution in [2.45, 2.75) is 44.2 Å². The Morgan fingerprint density at radius 3 is 2.76 bits per heavy atom. The monoisotopic (exact) mass is 554 g/mol. The van der Waals surface area contributed by atoms with E-state index in [1.165, 1.54) is 28.1 Å². The van der Waals surface area contributed by atoms with Gasteiger partial charge < -0.3 is 35.9 Å². The van der Waals surface area contributed by atoms with Crippen LogP contribution in [-0.2, 0) is 24.0 Å². The van der Waals surface area contributed by atoms with Gasteiger partial charge in [0, 0.05) is 30.6 Å². The summed E-state index contributed by atoms with van der Waals surface area (Å²) in [6.45, 7) is 9.22. The maximum absolute atomic E-state index is 13.0. The topological polar surface area (TPSA) is 186 Å². The molecule has 0 spiro atoms. The van der Waals surface area contributed by atoms with Crippen LogP contribution in [0.5, 0.6) is 0 Å². The number of carbonyl (C=O) groups is 4. The van der Waals surface area contributed by atoms with Gasteiger partial charge in [0.1, 0.15) is 34.7 Å². The molecule has 2 saturated heterocycles. The number of nitrogens with zero attached hydrogens (tertiary/aromatic N) is 3. The molecule has 2 aliphatic heterocycles. The minimum absolute atomic E-state index is 0.0152. The van der Waals surface area contributed by atoms with Gasteiger partial charge in [-0.3, -0.25) is 14.4 Å². The molecule has 202 valence electrons. The van der Waals surface area contributed by atoms with Crippen molar-refractivity contribution in [3.63, 3.8) is 0 Å². The number of thioether (sulfide) groups is 1. The molecule has 0 aromatic carbocycles. The summed E-state index contributed by atoms with van der Waals surface area (Å²) >= 11 is 2.37. The number of ether oxygens (including phenoxy) is 1. The van der Waals surface area contributed by atoms with Gasteiger partial charge in [-0.1, -0.05) is 11.2 Å². The summed E-state index contributed by atoms with van der Waals surface area (Å²) in [6, 6.07) is -0.853. The number of fused-ring (bicyclic) bond motifs is 1. The SMILES string of the molecule is C=CC1(C(=O)O)CS[C@@H]2C(NC(=O)C(=NOCCCNC(=O)OC(C)(C)C)c3csc(N)n3)C(=O)N2C1. The third-order valence-corrected chi connectivity index (χ3v) is 7.65. The zero-order valence-electron chi connectivity index (χ0n) is 20.7. The summed E-state index contributed by atoms with van der Waals surface area (Å²) in [5, 5.41) is 20.1. The van der Waals surface area contributed by atoms with Crippen LogP contribution in [-0.4, -0.2) is 87.0 Å². The van der Waals surface area contributed by atoms with Gasteiger partial charge in [-0.05, 0) is 20.8 Å². The van der Waals surface area contributed by atoms with E-state index in [0.717, 1.165) is 11.3 Å². The lowest BCUT2D eigenvalue weighted by molar-refractivity contribution is -0.156. The number of hydrogen-bond acceptors (Lipinski definition) is 11. The Hall–Kier alpha value is -3.33. The van der Waals surface area contributed by atoms with Gasteiger partial charge in [0.25, 0.3) is 5.91 Å². The Morgan fingerprint density at radius 1 is 1.43 bits per heavy atom. The molecule has 1 aromatic rings. The molecule has 3 heterocycles. The summed E-state index contributed by atoms with van der Waals surface area (Å²) < 4.78 is 5.15. The molecule has 0 saturated carbocycles. The average Bonchev–Trinajstić information content (AvgIpc) is 3.25. The van der Waals surface area contributed by atoms with Crippen LogP contribution in [0.2, 0.25) is 0 Å². The number of nitrogen functional groups attached to an aromatic ring is 1. The van der Waals surface area contributed by atoms with Crippen molar-refractivity contribution in [2.75, 3.05) is 31.2 Å². The number of carboxylic acid groups (broad SMARTS) is 1. The van der Waals surface area contributed by atoms with Crippen molar-refractivity contribution in [1.29, 1.82) is 0 Å². The van der Waals surface area contributed by atoms with Gasteiger partial charge in [0.05, 0.1) is 0 Å². The number of amides is 3. The molecule has 37 heavy (non-hydrogen) atoms. The summed E-state index contributed by atoms with van der Waals surface area (Å²) in [4.78, 5) is 59.9. The number of β-lactam (4-membered cyclic amide) rings is 1. The van der Waals surface area contributed by atoms with E-state index in [1.54, 1.807) is 20.8 Å².